The first-order valence-electron chi connectivity index (χ1n) is 6.78. The van der Waals surface area contributed by atoms with Gasteiger partial charge in [-0.2, -0.15) is 0 Å². The zero-order valence-corrected chi connectivity index (χ0v) is 12.8. The Morgan fingerprint density at radius 1 is 1.23 bits per heavy atom. The molecule has 0 bridgehead atoms. The van der Waals surface area contributed by atoms with Gasteiger partial charge in [0.2, 0.25) is 0 Å². The van der Waals surface area contributed by atoms with Crippen LogP contribution in [0.3, 0.4) is 0 Å². The van der Waals surface area contributed by atoms with Gasteiger partial charge in [-0.25, -0.2) is 8.42 Å². The minimum Gasteiger partial charge on any atom is -0.330 e. The van der Waals surface area contributed by atoms with Gasteiger partial charge in [0.05, 0.1) is 11.3 Å². The second kappa shape index (κ2) is 5.42. The zero-order valence-electron chi connectivity index (χ0n) is 12.0. The van der Waals surface area contributed by atoms with Crippen molar-refractivity contribution in [1.29, 1.82) is 0 Å². The van der Waals surface area contributed by atoms with Crippen LogP contribution in [-0.4, -0.2) is 44.4 Å². The molecule has 0 saturated heterocycles. The Morgan fingerprint density at radius 2 is 1.95 bits per heavy atom. The highest BCUT2D eigenvalue weighted by Crippen LogP contribution is 2.19. The molecule has 0 N–H and O–H groups in total. The molecule has 0 aliphatic carbocycles. The number of anilines is 1. The molecule has 114 valence electrons. The van der Waals surface area contributed by atoms with Gasteiger partial charge >= 0.3 is 0 Å². The number of carbonyl (C=O) groups excluding carboxylic acids is 1. The number of rotatable bonds is 2. The number of amides is 1. The van der Waals surface area contributed by atoms with E-state index in [4.69, 9.17) is 0 Å². The quantitative estimate of drug-likeness (QED) is 0.820. The van der Waals surface area contributed by atoms with Gasteiger partial charge in [-0.1, -0.05) is 18.2 Å². The highest BCUT2D eigenvalue weighted by Gasteiger charge is 2.26. The molecule has 0 unspecified atom stereocenters. The molecule has 1 amide bonds. The Balaban J connectivity index is 1.84. The minimum absolute atomic E-state index is 0.0448. The van der Waals surface area contributed by atoms with E-state index in [0.29, 0.717) is 18.0 Å². The molecule has 0 atom stereocenters. The third kappa shape index (κ3) is 2.80. The monoisotopic (exact) mass is 317 g/mol. The van der Waals surface area contributed by atoms with Crippen molar-refractivity contribution >= 4 is 27.5 Å². The van der Waals surface area contributed by atoms with Crippen molar-refractivity contribution in [3.8, 4) is 0 Å². The summed E-state index contributed by atoms with van der Waals surface area (Å²) in [5.41, 5.74) is 1.28. The average molecular weight is 317 g/mol. The number of nitrogens with zero attached hydrogens (tertiary/aromatic N) is 3. The van der Waals surface area contributed by atoms with Crippen molar-refractivity contribution in [3.63, 3.8) is 0 Å². The SMILES string of the molecule is CN(C(=O)C1=CN2CCS(=O)(=O)N=C2C=C1)c1ccccc1. The number of fused-ring (bicyclic) bond motifs is 1. The van der Waals surface area contributed by atoms with E-state index in [-0.39, 0.29) is 11.7 Å². The highest BCUT2D eigenvalue weighted by atomic mass is 32.2. The van der Waals surface area contributed by atoms with Crippen LogP contribution in [0.25, 0.3) is 0 Å². The number of hydrogen-bond acceptors (Lipinski definition) is 4. The van der Waals surface area contributed by atoms with Crippen LogP contribution in [-0.2, 0) is 14.8 Å². The van der Waals surface area contributed by atoms with Gasteiger partial charge in [0.25, 0.3) is 15.9 Å². The van der Waals surface area contributed by atoms with Crippen LogP contribution in [0.1, 0.15) is 0 Å². The molecule has 0 fully saturated rings. The van der Waals surface area contributed by atoms with Crippen molar-refractivity contribution in [2.45, 2.75) is 0 Å². The largest absolute Gasteiger partial charge is 0.330 e. The summed E-state index contributed by atoms with van der Waals surface area (Å²) in [7, 11) is -1.67. The Hall–Kier alpha value is -2.41. The molecule has 0 radical (unpaired) electrons. The van der Waals surface area contributed by atoms with Crippen LogP contribution < -0.4 is 4.90 Å². The van der Waals surface area contributed by atoms with Gasteiger partial charge in [-0.3, -0.25) is 4.79 Å². The highest BCUT2D eigenvalue weighted by molar-refractivity contribution is 7.90. The van der Waals surface area contributed by atoms with Crippen LogP contribution in [0.5, 0.6) is 0 Å². The summed E-state index contributed by atoms with van der Waals surface area (Å²) >= 11 is 0. The van der Waals surface area contributed by atoms with Crippen molar-refractivity contribution in [2.24, 2.45) is 4.40 Å². The number of benzene rings is 1. The van der Waals surface area contributed by atoms with E-state index in [1.165, 1.54) is 0 Å². The molecule has 0 aromatic heterocycles. The van der Waals surface area contributed by atoms with E-state index in [1.807, 2.05) is 30.3 Å². The van der Waals surface area contributed by atoms with Crippen LogP contribution in [0.4, 0.5) is 5.69 Å². The topological polar surface area (TPSA) is 70.1 Å². The van der Waals surface area contributed by atoms with Gasteiger partial charge in [-0.15, -0.1) is 4.40 Å². The van der Waals surface area contributed by atoms with Gasteiger partial charge in [0.15, 0.2) is 0 Å². The smallest absolute Gasteiger partial charge is 0.259 e. The first-order chi connectivity index (χ1) is 10.5. The second-order valence-electron chi connectivity index (χ2n) is 5.05. The molecular weight excluding hydrogens is 302 g/mol. The number of carbonyl (C=O) groups is 1. The summed E-state index contributed by atoms with van der Waals surface area (Å²) in [6, 6.07) is 9.32. The number of para-hydroxylation sites is 1. The molecule has 2 aliphatic rings. The standard InChI is InChI=1S/C15H15N3O3S/c1-17(13-5-3-2-4-6-13)15(19)12-7-8-14-16-22(20,21)10-9-18(14)11-12/h2-8,11H,9-10H2,1H3. The van der Waals surface area contributed by atoms with Gasteiger partial charge < -0.3 is 9.80 Å². The van der Waals surface area contributed by atoms with E-state index in [2.05, 4.69) is 4.40 Å². The summed E-state index contributed by atoms with van der Waals surface area (Å²) in [6.45, 7) is 0.303. The first-order valence-corrected chi connectivity index (χ1v) is 8.39. The third-order valence-electron chi connectivity index (χ3n) is 3.52. The lowest BCUT2D eigenvalue weighted by atomic mass is 10.1. The molecule has 1 aromatic rings. The fourth-order valence-electron chi connectivity index (χ4n) is 2.29. The van der Waals surface area contributed by atoms with E-state index in [9.17, 15) is 13.2 Å². The van der Waals surface area contributed by atoms with Crippen molar-refractivity contribution < 1.29 is 13.2 Å². The van der Waals surface area contributed by atoms with Crippen LogP contribution in [0, 0.1) is 0 Å². The Bertz CT molecular complexity index is 795. The van der Waals surface area contributed by atoms with Crippen LogP contribution >= 0.6 is 0 Å². The summed E-state index contributed by atoms with van der Waals surface area (Å²) in [5.74, 6) is 0.150. The molecule has 0 spiro atoms. The van der Waals surface area contributed by atoms with Crippen molar-refractivity contribution in [3.05, 3.63) is 54.3 Å². The summed E-state index contributed by atoms with van der Waals surface area (Å²) in [5, 5.41) is 0. The average Bonchev–Trinajstić information content (AvgIpc) is 2.53. The van der Waals surface area contributed by atoms with E-state index < -0.39 is 10.0 Å². The Morgan fingerprint density at radius 3 is 2.68 bits per heavy atom. The lowest BCUT2D eigenvalue weighted by molar-refractivity contribution is -0.114. The van der Waals surface area contributed by atoms with Crippen molar-refractivity contribution in [1.82, 2.24) is 4.90 Å². The molecule has 2 aliphatic heterocycles. The number of amidine groups is 1. The van der Waals surface area contributed by atoms with Gasteiger partial charge in [0.1, 0.15) is 5.84 Å². The zero-order chi connectivity index (χ0) is 15.7. The molecule has 3 rings (SSSR count). The lowest BCUT2D eigenvalue weighted by Gasteiger charge is -2.28. The fraction of sp³-hybridized carbons (Fsp3) is 0.200. The number of sulfonamides is 1. The molecule has 6 nitrogen and oxygen atoms in total. The Kier molecular flexibility index (Phi) is 3.58. The van der Waals surface area contributed by atoms with E-state index >= 15 is 0 Å². The lowest BCUT2D eigenvalue weighted by Crippen LogP contribution is -2.38. The minimum atomic E-state index is -3.38. The summed E-state index contributed by atoms with van der Waals surface area (Å²) in [6.07, 6.45) is 4.80. The summed E-state index contributed by atoms with van der Waals surface area (Å²) < 4.78 is 26.6. The molecule has 22 heavy (non-hydrogen) atoms. The van der Waals surface area contributed by atoms with Crippen LogP contribution in [0.2, 0.25) is 0 Å². The number of hydrogen-bond donors (Lipinski definition) is 0. The van der Waals surface area contributed by atoms with E-state index in [0.717, 1.165) is 5.69 Å². The predicted molar refractivity (Wildman–Crippen MR) is 85.0 cm³/mol. The summed E-state index contributed by atoms with van der Waals surface area (Å²) in [4.78, 5) is 15.8. The Labute approximate surface area is 129 Å². The van der Waals surface area contributed by atoms with Crippen LogP contribution in [0.15, 0.2) is 58.7 Å². The predicted octanol–water partition coefficient (Wildman–Crippen LogP) is 1.15. The number of likely N-dealkylation sites (N-methyl/N-ethyl adjacent to an activating group) is 1. The molecule has 1 aromatic carbocycles. The molecular formula is C15H15N3O3S. The van der Waals surface area contributed by atoms with Gasteiger partial charge in [0, 0.05) is 25.5 Å². The third-order valence-corrected chi connectivity index (χ3v) is 4.68. The fourth-order valence-corrected chi connectivity index (χ4v) is 3.26. The maximum absolute atomic E-state index is 12.5. The second-order valence-corrected chi connectivity index (χ2v) is 6.80. The molecule has 0 saturated carbocycles. The maximum Gasteiger partial charge on any atom is 0.259 e. The molecule has 2 heterocycles. The van der Waals surface area contributed by atoms with E-state index in [1.54, 1.807) is 35.2 Å². The normalized spacial score (nSPS) is 19.0. The first kappa shape index (κ1) is 14.5. The van der Waals surface area contributed by atoms with Crippen molar-refractivity contribution in [2.75, 3.05) is 24.2 Å². The molecule has 7 heteroatoms. The maximum atomic E-state index is 12.5. The van der Waals surface area contributed by atoms with Gasteiger partial charge in [-0.05, 0) is 24.3 Å².